The lowest BCUT2D eigenvalue weighted by atomic mass is 9.91. The third kappa shape index (κ3) is 1.92. The van der Waals surface area contributed by atoms with E-state index in [1.54, 1.807) is 24.3 Å². The average Bonchev–Trinajstić information content (AvgIpc) is 2.82. The molecule has 1 heterocycles. The number of aliphatic hydroxyl groups is 1. The third-order valence-corrected chi connectivity index (χ3v) is 3.39. The Hall–Kier alpha value is -1.45. The first-order valence-electron chi connectivity index (χ1n) is 4.98. The largest absolute Gasteiger partial charge is 0.377 e. The molecule has 0 saturated heterocycles. The van der Waals surface area contributed by atoms with Gasteiger partial charge in [-0.3, -0.25) is 4.79 Å². The lowest BCUT2D eigenvalue weighted by Gasteiger charge is -2.21. The van der Waals surface area contributed by atoms with Crippen LogP contribution in [0.2, 0.25) is 0 Å². The molecule has 0 aliphatic carbocycles. The topological polar surface area (TPSA) is 37.3 Å². The zero-order valence-electron chi connectivity index (χ0n) is 8.88. The molecule has 2 nitrogen and oxygen atoms in total. The van der Waals surface area contributed by atoms with Crippen LogP contribution in [0, 0.1) is 0 Å². The number of carbonyl (C=O) groups is 1. The van der Waals surface area contributed by atoms with E-state index in [1.165, 1.54) is 18.3 Å². The first kappa shape index (κ1) is 11.0. The molecule has 82 valence electrons. The Morgan fingerprint density at radius 1 is 1.19 bits per heavy atom. The molecule has 3 heteroatoms. The van der Waals surface area contributed by atoms with Crippen LogP contribution in [-0.2, 0) is 5.60 Å². The monoisotopic (exact) mass is 232 g/mol. The molecule has 0 bridgehead atoms. The van der Waals surface area contributed by atoms with Gasteiger partial charge in [-0.05, 0) is 23.9 Å². The molecule has 0 saturated carbocycles. The first-order chi connectivity index (χ1) is 7.62. The number of ketones is 1. The highest BCUT2D eigenvalue weighted by molar-refractivity contribution is 7.12. The predicted octanol–water partition coefficient (Wildman–Crippen LogP) is 2.84. The Morgan fingerprint density at radius 2 is 1.88 bits per heavy atom. The van der Waals surface area contributed by atoms with Crippen molar-refractivity contribution in [2.45, 2.75) is 12.5 Å². The number of benzene rings is 1. The van der Waals surface area contributed by atoms with E-state index in [0.717, 1.165) is 0 Å². The smallest absolute Gasteiger partial charge is 0.208 e. The Bertz CT molecular complexity index is 472. The van der Waals surface area contributed by atoms with Crippen molar-refractivity contribution in [2.75, 3.05) is 0 Å². The van der Waals surface area contributed by atoms with E-state index in [4.69, 9.17) is 0 Å². The van der Waals surface area contributed by atoms with Crippen molar-refractivity contribution in [3.8, 4) is 0 Å². The van der Waals surface area contributed by atoms with E-state index in [0.29, 0.717) is 10.4 Å². The van der Waals surface area contributed by atoms with Crippen LogP contribution in [0.5, 0.6) is 0 Å². The molecule has 0 spiro atoms. The Labute approximate surface area is 98.2 Å². The van der Waals surface area contributed by atoms with Crippen LogP contribution in [0.25, 0.3) is 0 Å². The minimum absolute atomic E-state index is 0.256. The number of thiophene rings is 1. The highest BCUT2D eigenvalue weighted by atomic mass is 32.1. The summed E-state index contributed by atoms with van der Waals surface area (Å²) >= 11 is 1.34. The van der Waals surface area contributed by atoms with Crippen molar-refractivity contribution in [1.82, 2.24) is 0 Å². The summed E-state index contributed by atoms with van der Waals surface area (Å²) < 4.78 is 0. The molecule has 1 atom stereocenters. The van der Waals surface area contributed by atoms with Crippen LogP contribution in [0.15, 0.2) is 47.8 Å². The second-order valence-electron chi connectivity index (χ2n) is 3.74. The highest BCUT2D eigenvalue weighted by Crippen LogP contribution is 2.26. The van der Waals surface area contributed by atoms with Gasteiger partial charge >= 0.3 is 0 Å². The van der Waals surface area contributed by atoms with Crippen molar-refractivity contribution in [3.05, 3.63) is 58.3 Å². The van der Waals surface area contributed by atoms with E-state index in [-0.39, 0.29) is 5.78 Å². The lowest BCUT2D eigenvalue weighted by molar-refractivity contribution is 0.0397. The normalized spacial score (nSPS) is 14.4. The van der Waals surface area contributed by atoms with Gasteiger partial charge in [0.25, 0.3) is 0 Å². The third-order valence-electron chi connectivity index (χ3n) is 2.52. The molecule has 0 radical (unpaired) electrons. The van der Waals surface area contributed by atoms with E-state index >= 15 is 0 Å². The van der Waals surface area contributed by atoms with Crippen molar-refractivity contribution in [1.29, 1.82) is 0 Å². The Kier molecular flexibility index (Phi) is 2.90. The van der Waals surface area contributed by atoms with Crippen LogP contribution in [-0.4, -0.2) is 10.9 Å². The van der Waals surface area contributed by atoms with Gasteiger partial charge in [0, 0.05) is 0 Å². The summed E-state index contributed by atoms with van der Waals surface area (Å²) in [6.45, 7) is 1.53. The molecular formula is C13H12O2S. The zero-order valence-corrected chi connectivity index (χ0v) is 9.70. The molecule has 0 aliphatic heterocycles. The van der Waals surface area contributed by atoms with Crippen molar-refractivity contribution in [2.24, 2.45) is 0 Å². The number of Topliss-reactive ketones (excluding diaryl/α,β-unsaturated/α-hetero) is 1. The van der Waals surface area contributed by atoms with Gasteiger partial charge in [-0.1, -0.05) is 36.4 Å². The molecule has 1 N–H and O–H groups in total. The summed E-state index contributed by atoms with van der Waals surface area (Å²) in [7, 11) is 0. The maximum absolute atomic E-state index is 12.1. The van der Waals surface area contributed by atoms with Gasteiger partial charge < -0.3 is 5.11 Å². The summed E-state index contributed by atoms with van der Waals surface area (Å²) in [5.41, 5.74) is -0.833. The van der Waals surface area contributed by atoms with Crippen LogP contribution in [0.1, 0.15) is 22.2 Å². The van der Waals surface area contributed by atoms with E-state index in [2.05, 4.69) is 0 Å². The molecule has 1 aromatic heterocycles. The van der Waals surface area contributed by atoms with Gasteiger partial charge in [0.1, 0.15) is 0 Å². The number of hydrogen-bond acceptors (Lipinski definition) is 3. The number of carbonyl (C=O) groups excluding carboxylic acids is 1. The van der Waals surface area contributed by atoms with Crippen LogP contribution in [0.3, 0.4) is 0 Å². The zero-order chi connectivity index (χ0) is 11.6. The van der Waals surface area contributed by atoms with Crippen LogP contribution in [0.4, 0.5) is 0 Å². The fourth-order valence-electron chi connectivity index (χ4n) is 1.54. The molecule has 1 unspecified atom stereocenters. The summed E-state index contributed by atoms with van der Waals surface area (Å²) in [6, 6.07) is 12.5. The summed E-state index contributed by atoms with van der Waals surface area (Å²) in [6.07, 6.45) is 0. The highest BCUT2D eigenvalue weighted by Gasteiger charge is 2.33. The number of rotatable bonds is 3. The summed E-state index contributed by atoms with van der Waals surface area (Å²) in [5, 5.41) is 12.1. The van der Waals surface area contributed by atoms with Gasteiger partial charge in [-0.25, -0.2) is 0 Å². The van der Waals surface area contributed by atoms with Gasteiger partial charge in [0.05, 0.1) is 4.88 Å². The molecule has 0 amide bonds. The van der Waals surface area contributed by atoms with Crippen molar-refractivity contribution >= 4 is 17.1 Å². The molecule has 16 heavy (non-hydrogen) atoms. The standard InChI is InChI=1S/C13H12O2S/c1-13(15,10-6-3-2-4-7-10)12(14)11-8-5-9-16-11/h2-9,15H,1H3. The molecule has 2 rings (SSSR count). The maximum atomic E-state index is 12.1. The quantitative estimate of drug-likeness (QED) is 0.826. The Morgan fingerprint density at radius 3 is 2.44 bits per heavy atom. The van der Waals surface area contributed by atoms with Gasteiger partial charge in [-0.2, -0.15) is 0 Å². The fraction of sp³-hybridized carbons (Fsp3) is 0.154. The molecule has 0 aliphatic rings. The van der Waals surface area contributed by atoms with Crippen LogP contribution >= 0.6 is 11.3 Å². The summed E-state index contributed by atoms with van der Waals surface area (Å²) in [4.78, 5) is 12.7. The van der Waals surface area contributed by atoms with Crippen LogP contribution < -0.4 is 0 Å². The Balaban J connectivity index is 2.36. The van der Waals surface area contributed by atoms with Gasteiger partial charge in [0.2, 0.25) is 5.78 Å². The minimum Gasteiger partial charge on any atom is -0.377 e. The maximum Gasteiger partial charge on any atom is 0.208 e. The van der Waals surface area contributed by atoms with Gasteiger partial charge in [-0.15, -0.1) is 11.3 Å². The average molecular weight is 232 g/mol. The molecule has 2 aromatic rings. The minimum atomic E-state index is -1.45. The number of hydrogen-bond donors (Lipinski definition) is 1. The van der Waals surface area contributed by atoms with Crippen molar-refractivity contribution < 1.29 is 9.90 Å². The van der Waals surface area contributed by atoms with Gasteiger partial charge in [0.15, 0.2) is 5.60 Å². The molecular weight excluding hydrogens is 220 g/mol. The predicted molar refractivity (Wildman–Crippen MR) is 64.7 cm³/mol. The lowest BCUT2D eigenvalue weighted by Crippen LogP contribution is -2.31. The van der Waals surface area contributed by atoms with E-state index < -0.39 is 5.60 Å². The summed E-state index contributed by atoms with van der Waals surface area (Å²) in [5.74, 6) is -0.256. The second-order valence-corrected chi connectivity index (χ2v) is 4.69. The molecule has 1 aromatic carbocycles. The fourth-order valence-corrected chi connectivity index (χ4v) is 2.31. The first-order valence-corrected chi connectivity index (χ1v) is 5.86. The SMILES string of the molecule is CC(O)(C(=O)c1cccs1)c1ccccc1. The molecule has 0 fully saturated rings. The second kappa shape index (κ2) is 4.20. The van der Waals surface area contributed by atoms with Crippen molar-refractivity contribution in [3.63, 3.8) is 0 Å². The van der Waals surface area contributed by atoms with E-state index in [9.17, 15) is 9.90 Å². The van der Waals surface area contributed by atoms with E-state index in [1.807, 2.05) is 23.6 Å².